The maximum atomic E-state index is 13.6. The molecule has 42 heavy (non-hydrogen) atoms. The SMILES string of the molecule is CCCc1nc2cccc(NCc3ccc(C(=O)OC)cn3)c2c(=O)n1-c1ccccc1.N#Cc1c(N)ncnc1N. The number of para-hydroxylation sites is 1. The van der Waals surface area contributed by atoms with Gasteiger partial charge < -0.3 is 21.5 Å². The van der Waals surface area contributed by atoms with E-state index in [0.717, 1.165) is 23.6 Å². The lowest BCUT2D eigenvalue weighted by Gasteiger charge is -2.15. The van der Waals surface area contributed by atoms with Crippen LogP contribution in [0.5, 0.6) is 0 Å². The number of nitrogens with one attached hydrogen (secondary N) is 1. The predicted molar refractivity (Wildman–Crippen MR) is 160 cm³/mol. The summed E-state index contributed by atoms with van der Waals surface area (Å²) in [5.41, 5.74) is 13.8. The van der Waals surface area contributed by atoms with Gasteiger partial charge in [-0.3, -0.25) is 14.3 Å². The second-order valence-corrected chi connectivity index (χ2v) is 8.97. The molecule has 5 N–H and O–H groups in total. The summed E-state index contributed by atoms with van der Waals surface area (Å²) in [7, 11) is 1.33. The molecular formula is C30H29N9O3. The van der Waals surface area contributed by atoms with Crippen molar-refractivity contribution in [3.8, 4) is 11.8 Å². The number of aryl methyl sites for hydroxylation is 1. The molecule has 0 atom stereocenters. The minimum absolute atomic E-state index is 0.109. The van der Waals surface area contributed by atoms with Crippen molar-refractivity contribution in [2.75, 3.05) is 23.9 Å². The molecule has 0 saturated carbocycles. The van der Waals surface area contributed by atoms with Crippen molar-refractivity contribution >= 4 is 34.2 Å². The number of esters is 1. The Balaban J connectivity index is 0.000000343. The molecule has 0 aliphatic heterocycles. The van der Waals surface area contributed by atoms with E-state index in [-0.39, 0.29) is 22.8 Å². The Hall–Kier alpha value is -5.83. The molecule has 5 rings (SSSR count). The molecule has 0 spiro atoms. The number of ether oxygens (including phenoxy) is 1. The Morgan fingerprint density at radius 2 is 1.76 bits per heavy atom. The molecule has 3 heterocycles. The number of carbonyl (C=O) groups excluding carboxylic acids is 1. The third-order valence-electron chi connectivity index (χ3n) is 6.18. The van der Waals surface area contributed by atoms with Gasteiger partial charge in [-0.15, -0.1) is 0 Å². The van der Waals surface area contributed by atoms with Crippen molar-refractivity contribution in [2.45, 2.75) is 26.3 Å². The van der Waals surface area contributed by atoms with Crippen LogP contribution in [0, 0.1) is 11.3 Å². The van der Waals surface area contributed by atoms with Gasteiger partial charge in [0.05, 0.1) is 41.5 Å². The zero-order chi connectivity index (χ0) is 30.1. The van der Waals surface area contributed by atoms with Crippen LogP contribution in [0.15, 0.2) is 78.0 Å². The summed E-state index contributed by atoms with van der Waals surface area (Å²) >= 11 is 0. The van der Waals surface area contributed by atoms with E-state index in [1.54, 1.807) is 22.8 Å². The molecule has 0 amide bonds. The van der Waals surface area contributed by atoms with Crippen LogP contribution in [-0.4, -0.2) is 37.6 Å². The lowest BCUT2D eigenvalue weighted by molar-refractivity contribution is 0.0600. The highest BCUT2D eigenvalue weighted by Crippen LogP contribution is 2.22. The van der Waals surface area contributed by atoms with Gasteiger partial charge in [-0.25, -0.2) is 19.7 Å². The molecule has 0 aliphatic rings. The average molecular weight is 564 g/mol. The average Bonchev–Trinajstić information content (AvgIpc) is 3.01. The van der Waals surface area contributed by atoms with Crippen molar-refractivity contribution in [2.24, 2.45) is 0 Å². The zero-order valence-corrected chi connectivity index (χ0v) is 23.1. The number of anilines is 3. The minimum Gasteiger partial charge on any atom is -0.465 e. The van der Waals surface area contributed by atoms with Crippen LogP contribution in [0.1, 0.15) is 40.8 Å². The van der Waals surface area contributed by atoms with Gasteiger partial charge in [0.1, 0.15) is 35.4 Å². The van der Waals surface area contributed by atoms with Crippen LogP contribution >= 0.6 is 0 Å². The lowest BCUT2D eigenvalue weighted by atomic mass is 10.1. The molecule has 0 aliphatic carbocycles. The van der Waals surface area contributed by atoms with Gasteiger partial charge in [-0.2, -0.15) is 5.26 Å². The summed E-state index contributed by atoms with van der Waals surface area (Å²) < 4.78 is 6.40. The lowest BCUT2D eigenvalue weighted by Crippen LogP contribution is -2.24. The quantitative estimate of drug-likeness (QED) is 0.245. The Bertz CT molecular complexity index is 1780. The molecular weight excluding hydrogens is 534 g/mol. The number of hydrogen-bond donors (Lipinski definition) is 3. The highest BCUT2D eigenvalue weighted by molar-refractivity contribution is 5.91. The molecule has 0 saturated heterocycles. The molecule has 12 heteroatoms. The smallest absolute Gasteiger partial charge is 0.339 e. The van der Waals surface area contributed by atoms with Gasteiger partial charge >= 0.3 is 5.97 Å². The Morgan fingerprint density at radius 1 is 1.02 bits per heavy atom. The summed E-state index contributed by atoms with van der Waals surface area (Å²) in [6.45, 7) is 2.46. The Kier molecular flexibility index (Phi) is 9.37. The fourth-order valence-corrected chi connectivity index (χ4v) is 4.14. The Labute approximate surface area is 241 Å². The first-order valence-electron chi connectivity index (χ1n) is 13.0. The predicted octanol–water partition coefficient (Wildman–Crippen LogP) is 3.64. The standard InChI is InChI=1S/C25H24N4O3.C5H5N5/c1-3-8-22-28-21-12-7-11-20(23(21)24(30)29(22)19-9-5-4-6-10-19)27-16-18-14-13-17(15-26-18)25(31)32-2;6-1-3-4(7)9-2-10-5(3)8/h4-7,9-15,27H,3,8,16H2,1-2H3;2H,(H4,7,8,9,10). The van der Waals surface area contributed by atoms with E-state index in [2.05, 4.69) is 27.2 Å². The van der Waals surface area contributed by atoms with Crippen molar-refractivity contribution < 1.29 is 9.53 Å². The Morgan fingerprint density at radius 3 is 2.36 bits per heavy atom. The summed E-state index contributed by atoms with van der Waals surface area (Å²) in [5, 5.41) is 12.2. The van der Waals surface area contributed by atoms with E-state index in [9.17, 15) is 9.59 Å². The largest absolute Gasteiger partial charge is 0.465 e. The maximum absolute atomic E-state index is 13.6. The van der Waals surface area contributed by atoms with Crippen LogP contribution in [0.3, 0.4) is 0 Å². The molecule has 12 nitrogen and oxygen atoms in total. The van der Waals surface area contributed by atoms with Gasteiger partial charge in [0.2, 0.25) is 0 Å². The van der Waals surface area contributed by atoms with Crippen LogP contribution in [0.25, 0.3) is 16.6 Å². The number of benzene rings is 2. The van der Waals surface area contributed by atoms with Gasteiger partial charge in [-0.05, 0) is 42.8 Å². The fraction of sp³-hybridized carbons (Fsp3) is 0.167. The first kappa shape index (κ1) is 29.2. The van der Waals surface area contributed by atoms with Crippen molar-refractivity contribution in [1.82, 2.24) is 24.5 Å². The zero-order valence-electron chi connectivity index (χ0n) is 23.1. The molecule has 0 bridgehead atoms. The second-order valence-electron chi connectivity index (χ2n) is 8.97. The molecule has 0 radical (unpaired) electrons. The van der Waals surface area contributed by atoms with Gasteiger partial charge in [0, 0.05) is 18.3 Å². The van der Waals surface area contributed by atoms with E-state index in [4.69, 9.17) is 26.5 Å². The number of methoxy groups -OCH3 is 1. The van der Waals surface area contributed by atoms with Crippen molar-refractivity contribution in [3.63, 3.8) is 0 Å². The summed E-state index contributed by atoms with van der Waals surface area (Å²) in [6, 6.07) is 20.4. The van der Waals surface area contributed by atoms with E-state index in [0.29, 0.717) is 35.1 Å². The van der Waals surface area contributed by atoms with E-state index >= 15 is 0 Å². The number of aromatic nitrogens is 5. The molecule has 0 fully saturated rings. The molecule has 3 aromatic heterocycles. The van der Waals surface area contributed by atoms with Crippen molar-refractivity contribution in [1.29, 1.82) is 5.26 Å². The molecule has 2 aromatic carbocycles. The second kappa shape index (κ2) is 13.5. The number of nitrogens with zero attached hydrogens (tertiary/aromatic N) is 6. The highest BCUT2D eigenvalue weighted by Gasteiger charge is 2.15. The van der Waals surface area contributed by atoms with Crippen LogP contribution in [0.4, 0.5) is 17.3 Å². The highest BCUT2D eigenvalue weighted by atomic mass is 16.5. The van der Waals surface area contributed by atoms with Crippen LogP contribution < -0.4 is 22.3 Å². The monoisotopic (exact) mass is 563 g/mol. The molecule has 212 valence electrons. The third kappa shape index (κ3) is 6.48. The minimum atomic E-state index is -0.429. The number of nitrogen functional groups attached to an aromatic ring is 2. The maximum Gasteiger partial charge on any atom is 0.339 e. The van der Waals surface area contributed by atoms with Gasteiger partial charge in [0.25, 0.3) is 5.56 Å². The number of fused-ring (bicyclic) bond motifs is 1. The summed E-state index contributed by atoms with van der Waals surface area (Å²) in [4.78, 5) is 41.5. The van der Waals surface area contributed by atoms with E-state index in [1.807, 2.05) is 48.5 Å². The number of nitrogens with two attached hydrogens (primary N) is 2. The van der Waals surface area contributed by atoms with Crippen LogP contribution in [0.2, 0.25) is 0 Å². The topological polar surface area (TPSA) is 188 Å². The number of rotatable bonds is 7. The van der Waals surface area contributed by atoms with E-state index in [1.165, 1.54) is 19.6 Å². The first-order chi connectivity index (χ1) is 20.4. The normalized spacial score (nSPS) is 10.3. The molecule has 5 aromatic rings. The summed E-state index contributed by atoms with van der Waals surface area (Å²) in [6.07, 6.45) is 4.28. The van der Waals surface area contributed by atoms with Gasteiger partial charge in [-0.1, -0.05) is 31.2 Å². The fourth-order valence-electron chi connectivity index (χ4n) is 4.14. The third-order valence-corrected chi connectivity index (χ3v) is 6.18. The van der Waals surface area contributed by atoms with E-state index < -0.39 is 5.97 Å². The number of nitriles is 1. The number of hydrogen-bond acceptors (Lipinski definition) is 11. The number of carbonyl (C=O) groups is 1. The molecule has 0 unspecified atom stereocenters. The van der Waals surface area contributed by atoms with Crippen molar-refractivity contribution in [3.05, 3.63) is 106 Å². The first-order valence-corrected chi connectivity index (χ1v) is 13.0. The summed E-state index contributed by atoms with van der Waals surface area (Å²) in [5.74, 6) is 0.555. The van der Waals surface area contributed by atoms with Gasteiger partial charge in [0.15, 0.2) is 0 Å². The number of pyridine rings is 1. The van der Waals surface area contributed by atoms with Crippen LogP contribution in [-0.2, 0) is 17.7 Å².